The van der Waals surface area contributed by atoms with E-state index in [1.54, 1.807) is 12.3 Å². The molecule has 4 heterocycles. The number of aromatic nitrogens is 5. The average Bonchev–Trinajstić information content (AvgIpc) is 3.13. The first-order valence-corrected chi connectivity index (χ1v) is 9.51. The zero-order valence-electron chi connectivity index (χ0n) is 16.3. The molecule has 4 N–H and O–H groups in total. The molecule has 7 nitrogen and oxygen atoms in total. The Morgan fingerprint density at radius 1 is 0.800 bits per heavy atom. The van der Waals surface area contributed by atoms with Gasteiger partial charge >= 0.3 is 0 Å². The van der Waals surface area contributed by atoms with Gasteiger partial charge in [0.2, 0.25) is 0 Å². The Hall–Kier alpha value is -4.26. The highest BCUT2D eigenvalue weighted by atomic mass is 15.1. The van der Waals surface area contributed by atoms with Gasteiger partial charge in [0, 0.05) is 11.8 Å². The highest BCUT2D eigenvalue weighted by molar-refractivity contribution is 5.84. The molecule has 30 heavy (non-hydrogen) atoms. The van der Waals surface area contributed by atoms with Crippen molar-refractivity contribution in [1.82, 2.24) is 24.5 Å². The second-order valence-corrected chi connectivity index (χ2v) is 6.95. The second-order valence-electron chi connectivity index (χ2n) is 6.95. The number of hydrogen-bond donors (Lipinski definition) is 2. The van der Waals surface area contributed by atoms with Crippen LogP contribution in [-0.2, 0) is 0 Å². The number of aryl methyl sites for hydroxylation is 1. The molecule has 5 aromatic rings. The van der Waals surface area contributed by atoms with Crippen LogP contribution < -0.4 is 11.5 Å². The molecule has 0 bridgehead atoms. The third-order valence-electron chi connectivity index (χ3n) is 4.97. The van der Waals surface area contributed by atoms with Crippen LogP contribution >= 0.6 is 0 Å². The van der Waals surface area contributed by atoms with E-state index in [4.69, 9.17) is 21.4 Å². The fourth-order valence-electron chi connectivity index (χ4n) is 3.55. The van der Waals surface area contributed by atoms with Crippen LogP contribution in [0.5, 0.6) is 0 Å². The van der Waals surface area contributed by atoms with Gasteiger partial charge in [-0.3, -0.25) is 4.57 Å². The number of pyridine rings is 3. The largest absolute Gasteiger partial charge is 0.384 e. The number of benzene rings is 1. The molecule has 0 spiro atoms. The Balaban J connectivity index is 1.84. The maximum atomic E-state index is 6.18. The summed E-state index contributed by atoms with van der Waals surface area (Å²) in [7, 11) is 0. The summed E-state index contributed by atoms with van der Waals surface area (Å²) in [5, 5.41) is 0. The number of nitrogens with two attached hydrogens (primary N) is 2. The first-order valence-electron chi connectivity index (χ1n) is 9.51. The lowest BCUT2D eigenvalue weighted by molar-refractivity contribution is 1.03. The van der Waals surface area contributed by atoms with Crippen LogP contribution in [0.4, 0.5) is 11.6 Å². The molecule has 0 unspecified atom stereocenters. The molecule has 0 atom stereocenters. The van der Waals surface area contributed by atoms with E-state index in [9.17, 15) is 0 Å². The summed E-state index contributed by atoms with van der Waals surface area (Å²) in [5.74, 6) is 1.52. The number of nitrogen functional groups attached to an aromatic ring is 2. The highest BCUT2D eigenvalue weighted by Gasteiger charge is 2.20. The fourth-order valence-corrected chi connectivity index (χ4v) is 3.55. The van der Waals surface area contributed by atoms with E-state index < -0.39 is 0 Å². The maximum Gasteiger partial charge on any atom is 0.165 e. The monoisotopic (exact) mass is 393 g/mol. The predicted molar refractivity (Wildman–Crippen MR) is 119 cm³/mol. The van der Waals surface area contributed by atoms with Gasteiger partial charge in [0.1, 0.15) is 17.2 Å². The molecule has 0 aliphatic heterocycles. The van der Waals surface area contributed by atoms with Crippen molar-refractivity contribution in [3.63, 3.8) is 0 Å². The van der Waals surface area contributed by atoms with Crippen LogP contribution in [0, 0.1) is 6.92 Å². The van der Waals surface area contributed by atoms with Crippen molar-refractivity contribution in [2.45, 2.75) is 6.92 Å². The normalized spacial score (nSPS) is 11.1. The molecule has 4 aromatic heterocycles. The van der Waals surface area contributed by atoms with E-state index in [0.29, 0.717) is 23.1 Å². The molecule has 7 heteroatoms. The summed E-state index contributed by atoms with van der Waals surface area (Å²) in [6.07, 6.45) is 1.66. The van der Waals surface area contributed by atoms with Gasteiger partial charge in [-0.1, -0.05) is 30.3 Å². The van der Waals surface area contributed by atoms with Gasteiger partial charge in [0.25, 0.3) is 0 Å². The van der Waals surface area contributed by atoms with Crippen LogP contribution in [0.2, 0.25) is 0 Å². The van der Waals surface area contributed by atoms with E-state index >= 15 is 0 Å². The third kappa shape index (κ3) is 2.93. The molecule has 0 saturated heterocycles. The molecule has 0 saturated carbocycles. The molecule has 1 aromatic carbocycles. The first kappa shape index (κ1) is 17.8. The van der Waals surface area contributed by atoms with E-state index in [-0.39, 0.29) is 0 Å². The van der Waals surface area contributed by atoms with Crippen molar-refractivity contribution in [3.8, 4) is 28.3 Å². The molecule has 0 amide bonds. The lowest BCUT2D eigenvalue weighted by Gasteiger charge is -2.13. The Morgan fingerprint density at radius 2 is 1.63 bits per heavy atom. The Kier molecular flexibility index (Phi) is 4.14. The summed E-state index contributed by atoms with van der Waals surface area (Å²) >= 11 is 0. The first-order chi connectivity index (χ1) is 14.6. The lowest BCUT2D eigenvalue weighted by Crippen LogP contribution is -2.05. The van der Waals surface area contributed by atoms with Crippen LogP contribution in [0.1, 0.15) is 5.69 Å². The van der Waals surface area contributed by atoms with Gasteiger partial charge in [-0.25, -0.2) is 19.9 Å². The average molecular weight is 393 g/mol. The SMILES string of the molecule is Cc1nc(N)ccc1-n1c(-c2cccnc2N)nc2ccc(-c3ccccc3)nc21. The van der Waals surface area contributed by atoms with Crippen molar-refractivity contribution in [3.05, 3.63) is 78.6 Å². The van der Waals surface area contributed by atoms with Crippen molar-refractivity contribution in [1.29, 1.82) is 0 Å². The molecule has 0 aliphatic carbocycles. The molecule has 0 fully saturated rings. The molecule has 0 radical (unpaired) electrons. The maximum absolute atomic E-state index is 6.18. The van der Waals surface area contributed by atoms with Gasteiger partial charge in [0.05, 0.1) is 22.6 Å². The number of imidazole rings is 1. The summed E-state index contributed by atoms with van der Waals surface area (Å²) < 4.78 is 1.97. The molecule has 5 rings (SSSR count). The van der Waals surface area contributed by atoms with Crippen molar-refractivity contribution in [2.75, 3.05) is 11.5 Å². The van der Waals surface area contributed by atoms with Crippen LogP contribution in [-0.4, -0.2) is 24.5 Å². The fraction of sp³-hybridized carbons (Fsp3) is 0.0435. The molecule has 0 aliphatic rings. The lowest BCUT2D eigenvalue weighted by atomic mass is 10.1. The summed E-state index contributed by atoms with van der Waals surface area (Å²) in [6.45, 7) is 1.91. The Morgan fingerprint density at radius 3 is 2.40 bits per heavy atom. The summed E-state index contributed by atoms with van der Waals surface area (Å²) in [6, 6.07) is 21.4. The molecular formula is C23H19N7. The number of rotatable bonds is 3. The smallest absolute Gasteiger partial charge is 0.165 e. The van der Waals surface area contributed by atoms with Crippen molar-refractivity contribution in [2.24, 2.45) is 0 Å². The van der Waals surface area contributed by atoms with Gasteiger partial charge in [-0.15, -0.1) is 0 Å². The van der Waals surface area contributed by atoms with Gasteiger partial charge in [-0.2, -0.15) is 0 Å². The zero-order valence-corrected chi connectivity index (χ0v) is 16.3. The Labute approximate surface area is 173 Å². The minimum absolute atomic E-state index is 0.401. The predicted octanol–water partition coefficient (Wildman–Crippen LogP) is 4.02. The van der Waals surface area contributed by atoms with Crippen molar-refractivity contribution >= 4 is 22.8 Å². The quantitative estimate of drug-likeness (QED) is 0.479. The third-order valence-corrected chi connectivity index (χ3v) is 4.97. The van der Waals surface area contributed by atoms with E-state index in [1.165, 1.54) is 0 Å². The van der Waals surface area contributed by atoms with Crippen molar-refractivity contribution < 1.29 is 0 Å². The zero-order chi connectivity index (χ0) is 20.7. The number of hydrogen-bond acceptors (Lipinski definition) is 6. The van der Waals surface area contributed by atoms with E-state index in [1.807, 2.05) is 72.2 Å². The summed E-state index contributed by atoms with van der Waals surface area (Å²) in [4.78, 5) is 18.4. The van der Waals surface area contributed by atoms with Gasteiger partial charge in [0.15, 0.2) is 11.5 Å². The van der Waals surface area contributed by atoms with E-state index in [2.05, 4.69) is 9.97 Å². The van der Waals surface area contributed by atoms with Crippen LogP contribution in [0.25, 0.3) is 39.5 Å². The topological polar surface area (TPSA) is 109 Å². The minimum Gasteiger partial charge on any atom is -0.384 e. The standard InChI is InChI=1S/C23H19N7/c1-14-19(11-12-20(24)27-14)30-22(16-8-5-13-26-21(16)25)29-18-10-9-17(28-23(18)30)15-6-3-2-4-7-15/h2-13H,1H3,(H2,24,27)(H2,25,26). The van der Waals surface area contributed by atoms with Crippen LogP contribution in [0.3, 0.4) is 0 Å². The molecule has 146 valence electrons. The van der Waals surface area contributed by atoms with E-state index in [0.717, 1.165) is 33.7 Å². The number of fused-ring (bicyclic) bond motifs is 1. The number of nitrogens with zero attached hydrogens (tertiary/aromatic N) is 5. The molecular weight excluding hydrogens is 374 g/mol. The minimum atomic E-state index is 0.401. The summed E-state index contributed by atoms with van der Waals surface area (Å²) in [5.41, 5.74) is 17.8. The Bertz CT molecular complexity index is 1370. The second kappa shape index (κ2) is 6.97. The van der Waals surface area contributed by atoms with Crippen LogP contribution in [0.15, 0.2) is 72.9 Å². The van der Waals surface area contributed by atoms with Gasteiger partial charge < -0.3 is 11.5 Å². The number of anilines is 2. The van der Waals surface area contributed by atoms with Gasteiger partial charge in [-0.05, 0) is 43.3 Å². The highest BCUT2D eigenvalue weighted by Crippen LogP contribution is 2.32.